The second-order valence-electron chi connectivity index (χ2n) is 4.12. The second kappa shape index (κ2) is 6.44. The Hall–Kier alpha value is -1.30. The highest BCUT2D eigenvalue weighted by Gasteiger charge is 2.33. The molecule has 0 saturated carbocycles. The van der Waals surface area contributed by atoms with Crippen molar-refractivity contribution in [1.29, 1.82) is 0 Å². The summed E-state index contributed by atoms with van der Waals surface area (Å²) in [5, 5.41) is 9.87. The minimum absolute atomic E-state index is 0.582. The predicted molar refractivity (Wildman–Crippen MR) is 71.5 cm³/mol. The lowest BCUT2D eigenvalue weighted by molar-refractivity contribution is 0.107. The van der Waals surface area contributed by atoms with Crippen LogP contribution in [0.5, 0.6) is 0 Å². The summed E-state index contributed by atoms with van der Waals surface area (Å²) in [5.41, 5.74) is 0.355. The Morgan fingerprint density at radius 3 is 2.53 bits per heavy atom. The Morgan fingerprint density at radius 1 is 1.35 bits per heavy atom. The van der Waals surface area contributed by atoms with E-state index in [1.54, 1.807) is 0 Å². The quantitative estimate of drug-likeness (QED) is 0.789. The summed E-state index contributed by atoms with van der Waals surface area (Å²) in [7, 11) is 0. The van der Waals surface area contributed by atoms with Crippen LogP contribution in [-0.2, 0) is 6.54 Å². The highest BCUT2D eigenvalue weighted by atomic mass is 16.3. The molecule has 0 amide bonds. The number of nitrogens with zero attached hydrogens (tertiary/aromatic N) is 1. The third kappa shape index (κ3) is 3.89. The van der Waals surface area contributed by atoms with Gasteiger partial charge in [-0.2, -0.15) is 0 Å². The first-order valence-corrected chi connectivity index (χ1v) is 6.18. The van der Waals surface area contributed by atoms with Gasteiger partial charge in [-0.3, -0.25) is 4.90 Å². The number of terminal acetylenes is 1. The van der Waals surface area contributed by atoms with Gasteiger partial charge in [-0.05, 0) is 5.56 Å². The molecule has 0 aromatic heterocycles. The van der Waals surface area contributed by atoms with E-state index >= 15 is 0 Å². The van der Waals surface area contributed by atoms with Crippen LogP contribution in [0.3, 0.4) is 0 Å². The van der Waals surface area contributed by atoms with Crippen LogP contribution in [0.25, 0.3) is 0 Å². The molecule has 1 aliphatic heterocycles. The zero-order chi connectivity index (χ0) is 12.7. The van der Waals surface area contributed by atoms with Crippen molar-refractivity contribution >= 4 is 0 Å². The minimum Gasteiger partial charge on any atom is -0.376 e. The van der Waals surface area contributed by atoms with Gasteiger partial charge < -0.3 is 5.11 Å². The number of hydrogen-bond acceptors (Lipinski definition) is 2. The van der Waals surface area contributed by atoms with Crippen molar-refractivity contribution in [3.8, 4) is 12.3 Å². The zero-order valence-corrected chi connectivity index (χ0v) is 10.7. The summed E-state index contributed by atoms with van der Waals surface area (Å²) in [6, 6.07) is 10.2. The molecule has 2 heteroatoms. The van der Waals surface area contributed by atoms with Gasteiger partial charge in [-0.1, -0.05) is 50.1 Å². The first-order chi connectivity index (χ1) is 8.22. The first-order valence-electron chi connectivity index (χ1n) is 6.18. The molecule has 1 aromatic carbocycles. The Kier molecular flexibility index (Phi) is 5.21. The van der Waals surface area contributed by atoms with E-state index in [1.165, 1.54) is 5.56 Å². The molecule has 2 nitrogen and oxygen atoms in total. The number of β-amino-alcohol motifs (C(OH)–C–C–N with tert-alkyl or cyclic N) is 1. The van der Waals surface area contributed by atoms with Gasteiger partial charge in [-0.25, -0.2) is 0 Å². The van der Waals surface area contributed by atoms with Crippen molar-refractivity contribution in [2.24, 2.45) is 0 Å². The van der Waals surface area contributed by atoms with Crippen molar-refractivity contribution in [2.75, 3.05) is 13.1 Å². The van der Waals surface area contributed by atoms with Crippen molar-refractivity contribution in [3.63, 3.8) is 0 Å². The fraction of sp³-hybridized carbons (Fsp3) is 0.467. The maximum absolute atomic E-state index is 9.87. The van der Waals surface area contributed by atoms with E-state index in [2.05, 4.69) is 23.0 Å². The van der Waals surface area contributed by atoms with Gasteiger partial charge in [-0.15, -0.1) is 6.42 Å². The second-order valence-corrected chi connectivity index (χ2v) is 4.12. The first kappa shape index (κ1) is 13.8. The molecule has 0 aliphatic carbocycles. The molecule has 1 aromatic rings. The van der Waals surface area contributed by atoms with E-state index in [-0.39, 0.29) is 0 Å². The van der Waals surface area contributed by atoms with Crippen LogP contribution in [0.15, 0.2) is 30.3 Å². The predicted octanol–water partition coefficient (Wildman–Crippen LogP) is 2.28. The van der Waals surface area contributed by atoms with Crippen LogP contribution in [0.4, 0.5) is 0 Å². The van der Waals surface area contributed by atoms with Crippen LogP contribution < -0.4 is 0 Å². The van der Waals surface area contributed by atoms with E-state index in [0.717, 1.165) is 13.1 Å². The average Bonchev–Trinajstić information content (AvgIpc) is 2.76. The van der Waals surface area contributed by atoms with Crippen LogP contribution in [0.2, 0.25) is 0 Å². The molecule has 1 atom stereocenters. The fourth-order valence-corrected chi connectivity index (χ4v) is 1.97. The molecule has 1 heterocycles. The maximum atomic E-state index is 9.87. The molecule has 1 N–H and O–H groups in total. The Bertz CT molecular complexity index is 368. The number of rotatable bonds is 2. The largest absolute Gasteiger partial charge is 0.376 e. The van der Waals surface area contributed by atoms with Crippen LogP contribution in [-0.4, -0.2) is 28.7 Å². The molecule has 1 aliphatic rings. The van der Waals surface area contributed by atoms with Gasteiger partial charge in [0.1, 0.15) is 5.60 Å². The Balaban J connectivity index is 0.000000686. The zero-order valence-electron chi connectivity index (χ0n) is 10.7. The molecule has 1 unspecified atom stereocenters. The molecule has 1 saturated heterocycles. The molecule has 0 spiro atoms. The molecular formula is C15H21NO. The van der Waals surface area contributed by atoms with Gasteiger partial charge >= 0.3 is 0 Å². The molecule has 0 radical (unpaired) electrons. The summed E-state index contributed by atoms with van der Waals surface area (Å²) in [5.74, 6) is 2.47. The Morgan fingerprint density at radius 2 is 2.00 bits per heavy atom. The summed E-state index contributed by atoms with van der Waals surface area (Å²) >= 11 is 0. The van der Waals surface area contributed by atoms with Gasteiger partial charge in [0, 0.05) is 26.1 Å². The lowest BCUT2D eigenvalue weighted by atomic mass is 10.1. The van der Waals surface area contributed by atoms with E-state index in [1.807, 2.05) is 32.0 Å². The van der Waals surface area contributed by atoms with Crippen LogP contribution >= 0.6 is 0 Å². The van der Waals surface area contributed by atoms with Crippen molar-refractivity contribution in [1.82, 2.24) is 4.90 Å². The van der Waals surface area contributed by atoms with E-state index in [4.69, 9.17) is 6.42 Å². The monoisotopic (exact) mass is 231 g/mol. The standard InChI is InChI=1S/C13H15NO.C2H6/c1-2-13(15)8-9-14(11-13)10-12-6-4-3-5-7-12;1-2/h1,3-7,15H,8-11H2;1-2H3. The lowest BCUT2D eigenvalue weighted by Gasteiger charge is -2.17. The highest BCUT2D eigenvalue weighted by Crippen LogP contribution is 2.21. The van der Waals surface area contributed by atoms with E-state index < -0.39 is 5.60 Å². The van der Waals surface area contributed by atoms with Gasteiger partial charge in [0.15, 0.2) is 0 Å². The van der Waals surface area contributed by atoms with Gasteiger partial charge in [0.05, 0.1) is 0 Å². The molecule has 2 rings (SSSR count). The summed E-state index contributed by atoms with van der Waals surface area (Å²) in [6.07, 6.45) is 5.97. The normalized spacial score (nSPS) is 23.6. The van der Waals surface area contributed by atoms with Crippen molar-refractivity contribution in [2.45, 2.75) is 32.4 Å². The van der Waals surface area contributed by atoms with E-state index in [9.17, 15) is 5.11 Å². The molecule has 0 bridgehead atoms. The number of aliphatic hydroxyl groups is 1. The molecule has 92 valence electrons. The van der Waals surface area contributed by atoms with Gasteiger partial charge in [0.25, 0.3) is 0 Å². The SMILES string of the molecule is C#CC1(O)CCN(Cc2ccccc2)C1.CC. The average molecular weight is 231 g/mol. The van der Waals surface area contributed by atoms with Gasteiger partial charge in [0.2, 0.25) is 0 Å². The van der Waals surface area contributed by atoms with Crippen molar-refractivity contribution < 1.29 is 5.11 Å². The summed E-state index contributed by atoms with van der Waals surface area (Å²) < 4.78 is 0. The highest BCUT2D eigenvalue weighted by molar-refractivity contribution is 5.17. The van der Waals surface area contributed by atoms with Crippen LogP contribution in [0.1, 0.15) is 25.8 Å². The fourth-order valence-electron chi connectivity index (χ4n) is 1.97. The summed E-state index contributed by atoms with van der Waals surface area (Å²) in [4.78, 5) is 2.19. The third-order valence-electron chi connectivity index (χ3n) is 2.84. The number of benzene rings is 1. The Labute approximate surface area is 104 Å². The smallest absolute Gasteiger partial charge is 0.139 e. The number of likely N-dealkylation sites (tertiary alicyclic amines) is 1. The van der Waals surface area contributed by atoms with Crippen LogP contribution in [0, 0.1) is 12.3 Å². The maximum Gasteiger partial charge on any atom is 0.139 e. The molecule has 1 fully saturated rings. The minimum atomic E-state index is -0.908. The number of hydrogen-bond donors (Lipinski definition) is 1. The lowest BCUT2D eigenvalue weighted by Crippen LogP contribution is -2.31. The summed E-state index contributed by atoms with van der Waals surface area (Å²) in [6.45, 7) is 6.32. The molecular weight excluding hydrogens is 210 g/mol. The molecule has 17 heavy (non-hydrogen) atoms. The van der Waals surface area contributed by atoms with E-state index in [0.29, 0.717) is 13.0 Å². The topological polar surface area (TPSA) is 23.5 Å². The third-order valence-corrected chi connectivity index (χ3v) is 2.84. The van der Waals surface area contributed by atoms with Crippen molar-refractivity contribution in [3.05, 3.63) is 35.9 Å².